The van der Waals surface area contributed by atoms with E-state index >= 15 is 0 Å². The Balaban J connectivity index is 1.90. The van der Waals surface area contributed by atoms with E-state index in [2.05, 4.69) is 57.3 Å². The van der Waals surface area contributed by atoms with Crippen molar-refractivity contribution in [3.05, 3.63) is 29.8 Å². The smallest absolute Gasteiger partial charge is 0.119 e. The SMILES string of the molecule is CCCNC(C)c1ccc(OC2CC(C)CC(C)C2)cc1. The summed E-state index contributed by atoms with van der Waals surface area (Å²) in [6, 6.07) is 9.05. The molecule has 0 radical (unpaired) electrons. The molecule has 2 nitrogen and oxygen atoms in total. The van der Waals surface area contributed by atoms with Gasteiger partial charge in [0.05, 0.1) is 6.10 Å². The van der Waals surface area contributed by atoms with E-state index in [1.165, 1.54) is 31.2 Å². The Bertz CT molecular complexity index is 404. The predicted molar refractivity (Wildman–Crippen MR) is 89.7 cm³/mol. The molecule has 0 heterocycles. The Morgan fingerprint density at radius 2 is 1.71 bits per heavy atom. The zero-order chi connectivity index (χ0) is 15.2. The van der Waals surface area contributed by atoms with Crippen molar-refractivity contribution < 1.29 is 4.74 Å². The zero-order valence-electron chi connectivity index (χ0n) is 14.1. The minimum atomic E-state index is 0.394. The molecule has 0 amide bonds. The molecule has 1 saturated carbocycles. The van der Waals surface area contributed by atoms with Crippen molar-refractivity contribution in [2.24, 2.45) is 11.8 Å². The van der Waals surface area contributed by atoms with Gasteiger partial charge in [0.1, 0.15) is 5.75 Å². The molecule has 0 aliphatic heterocycles. The van der Waals surface area contributed by atoms with Crippen molar-refractivity contribution in [2.45, 2.75) is 65.5 Å². The highest BCUT2D eigenvalue weighted by molar-refractivity contribution is 5.29. The summed E-state index contributed by atoms with van der Waals surface area (Å²) in [5, 5.41) is 3.52. The molecule has 118 valence electrons. The summed E-state index contributed by atoms with van der Waals surface area (Å²) in [5.41, 5.74) is 1.33. The molecule has 2 heteroatoms. The average molecular weight is 289 g/mol. The van der Waals surface area contributed by atoms with Crippen LogP contribution >= 0.6 is 0 Å². The van der Waals surface area contributed by atoms with Gasteiger partial charge in [-0.15, -0.1) is 0 Å². The van der Waals surface area contributed by atoms with Crippen LogP contribution in [0.3, 0.4) is 0 Å². The van der Waals surface area contributed by atoms with Crippen molar-refractivity contribution in [1.82, 2.24) is 5.32 Å². The first-order valence-electron chi connectivity index (χ1n) is 8.58. The molecule has 1 aromatic carbocycles. The summed E-state index contributed by atoms with van der Waals surface area (Å²) >= 11 is 0. The highest BCUT2D eigenvalue weighted by atomic mass is 16.5. The van der Waals surface area contributed by atoms with Crippen LogP contribution in [0.1, 0.15) is 65.0 Å². The van der Waals surface area contributed by atoms with Gasteiger partial charge in [0.25, 0.3) is 0 Å². The molecule has 3 unspecified atom stereocenters. The molecular formula is C19H31NO. The first-order valence-corrected chi connectivity index (χ1v) is 8.58. The number of hydrogen-bond donors (Lipinski definition) is 1. The van der Waals surface area contributed by atoms with E-state index in [0.29, 0.717) is 12.1 Å². The van der Waals surface area contributed by atoms with Crippen LogP contribution in [0.2, 0.25) is 0 Å². The maximum atomic E-state index is 6.19. The molecule has 21 heavy (non-hydrogen) atoms. The Morgan fingerprint density at radius 3 is 2.29 bits per heavy atom. The molecule has 2 rings (SSSR count). The van der Waals surface area contributed by atoms with E-state index < -0.39 is 0 Å². The molecule has 3 atom stereocenters. The molecular weight excluding hydrogens is 258 g/mol. The predicted octanol–water partition coefficient (Wildman–Crippen LogP) is 4.95. The van der Waals surface area contributed by atoms with Gasteiger partial charge in [0, 0.05) is 6.04 Å². The fraction of sp³-hybridized carbons (Fsp3) is 0.684. The lowest BCUT2D eigenvalue weighted by molar-refractivity contribution is 0.101. The topological polar surface area (TPSA) is 21.3 Å². The zero-order valence-corrected chi connectivity index (χ0v) is 14.1. The quantitative estimate of drug-likeness (QED) is 0.800. The van der Waals surface area contributed by atoms with Gasteiger partial charge < -0.3 is 10.1 Å². The number of benzene rings is 1. The van der Waals surface area contributed by atoms with Crippen LogP contribution in [0.4, 0.5) is 0 Å². The van der Waals surface area contributed by atoms with Gasteiger partial charge in [-0.3, -0.25) is 0 Å². The lowest BCUT2D eigenvalue weighted by Gasteiger charge is -2.31. The van der Waals surface area contributed by atoms with Crippen LogP contribution in [0, 0.1) is 11.8 Å². The molecule has 1 aliphatic carbocycles. The van der Waals surface area contributed by atoms with Crippen molar-refractivity contribution >= 4 is 0 Å². The minimum absolute atomic E-state index is 0.394. The van der Waals surface area contributed by atoms with Gasteiger partial charge >= 0.3 is 0 Å². The Morgan fingerprint density at radius 1 is 1.10 bits per heavy atom. The second kappa shape index (κ2) is 7.84. The minimum Gasteiger partial charge on any atom is -0.490 e. The monoisotopic (exact) mass is 289 g/mol. The number of ether oxygens (including phenoxy) is 1. The van der Waals surface area contributed by atoms with Gasteiger partial charge in [-0.2, -0.15) is 0 Å². The van der Waals surface area contributed by atoms with Crippen LogP contribution < -0.4 is 10.1 Å². The fourth-order valence-corrected chi connectivity index (χ4v) is 3.48. The number of hydrogen-bond acceptors (Lipinski definition) is 2. The third-order valence-corrected chi connectivity index (χ3v) is 4.52. The summed E-state index contributed by atoms with van der Waals surface area (Å²) in [6.07, 6.45) is 5.30. The van der Waals surface area contributed by atoms with E-state index in [0.717, 1.165) is 24.1 Å². The summed E-state index contributed by atoms with van der Waals surface area (Å²) in [6.45, 7) is 10.2. The van der Waals surface area contributed by atoms with Gasteiger partial charge in [-0.25, -0.2) is 0 Å². The maximum absolute atomic E-state index is 6.19. The molecule has 1 aliphatic rings. The summed E-state index contributed by atoms with van der Waals surface area (Å²) in [4.78, 5) is 0. The number of nitrogens with one attached hydrogen (secondary N) is 1. The van der Waals surface area contributed by atoms with E-state index in [4.69, 9.17) is 4.74 Å². The van der Waals surface area contributed by atoms with E-state index in [1.807, 2.05) is 0 Å². The molecule has 1 aromatic rings. The van der Waals surface area contributed by atoms with Gasteiger partial charge in [0.2, 0.25) is 0 Å². The van der Waals surface area contributed by atoms with Crippen LogP contribution in [0.25, 0.3) is 0 Å². The van der Waals surface area contributed by atoms with Crippen LogP contribution in [-0.4, -0.2) is 12.6 Å². The Labute approximate surface area is 130 Å². The maximum Gasteiger partial charge on any atom is 0.119 e. The molecule has 1 N–H and O–H groups in total. The third kappa shape index (κ3) is 5.03. The highest BCUT2D eigenvalue weighted by Gasteiger charge is 2.25. The molecule has 0 aromatic heterocycles. The Hall–Kier alpha value is -1.02. The van der Waals surface area contributed by atoms with Crippen molar-refractivity contribution in [3.8, 4) is 5.75 Å². The van der Waals surface area contributed by atoms with E-state index in [9.17, 15) is 0 Å². The van der Waals surface area contributed by atoms with Gasteiger partial charge in [-0.05, 0) is 68.7 Å². The largest absolute Gasteiger partial charge is 0.490 e. The first-order chi connectivity index (χ1) is 10.1. The van der Waals surface area contributed by atoms with Gasteiger partial charge in [0.15, 0.2) is 0 Å². The summed E-state index contributed by atoms with van der Waals surface area (Å²) < 4.78 is 6.19. The number of rotatable bonds is 6. The lowest BCUT2D eigenvalue weighted by atomic mass is 9.82. The molecule has 0 spiro atoms. The lowest BCUT2D eigenvalue weighted by Crippen LogP contribution is -2.28. The average Bonchev–Trinajstić information content (AvgIpc) is 2.44. The molecule has 1 fully saturated rings. The first kappa shape index (κ1) is 16.4. The molecule has 0 saturated heterocycles. The van der Waals surface area contributed by atoms with Crippen LogP contribution in [-0.2, 0) is 0 Å². The standard InChI is InChI=1S/C19H31NO/c1-5-10-20-16(4)17-6-8-18(9-7-17)21-19-12-14(2)11-15(3)13-19/h6-9,14-16,19-20H,5,10-13H2,1-4H3. The third-order valence-electron chi connectivity index (χ3n) is 4.52. The van der Waals surface area contributed by atoms with Crippen LogP contribution in [0.15, 0.2) is 24.3 Å². The van der Waals surface area contributed by atoms with Gasteiger partial charge in [-0.1, -0.05) is 32.9 Å². The van der Waals surface area contributed by atoms with Crippen molar-refractivity contribution in [1.29, 1.82) is 0 Å². The summed E-state index contributed by atoms with van der Waals surface area (Å²) in [5.74, 6) is 2.60. The van der Waals surface area contributed by atoms with E-state index in [1.54, 1.807) is 0 Å². The fourth-order valence-electron chi connectivity index (χ4n) is 3.48. The molecule has 0 bridgehead atoms. The normalized spacial score (nSPS) is 27.3. The second-order valence-corrected chi connectivity index (χ2v) is 6.90. The summed E-state index contributed by atoms with van der Waals surface area (Å²) in [7, 11) is 0. The van der Waals surface area contributed by atoms with Crippen molar-refractivity contribution in [2.75, 3.05) is 6.54 Å². The highest BCUT2D eigenvalue weighted by Crippen LogP contribution is 2.31. The van der Waals surface area contributed by atoms with Crippen LogP contribution in [0.5, 0.6) is 5.75 Å². The van der Waals surface area contributed by atoms with Crippen molar-refractivity contribution in [3.63, 3.8) is 0 Å². The Kier molecular flexibility index (Phi) is 6.10. The second-order valence-electron chi connectivity index (χ2n) is 6.90. The van der Waals surface area contributed by atoms with E-state index in [-0.39, 0.29) is 0 Å².